The number of aryl methyl sites for hydroxylation is 1. The number of benzene rings is 1. The number of carbonyl (C=O) groups excluding carboxylic acids is 2. The molecule has 0 atom stereocenters. The summed E-state index contributed by atoms with van der Waals surface area (Å²) < 4.78 is 15.7. The van der Waals surface area contributed by atoms with Gasteiger partial charge < -0.3 is 15.2 Å². The third-order valence-electron chi connectivity index (χ3n) is 3.66. The van der Waals surface area contributed by atoms with E-state index in [9.17, 15) is 14.0 Å². The van der Waals surface area contributed by atoms with Gasteiger partial charge in [-0.3, -0.25) is 9.59 Å². The van der Waals surface area contributed by atoms with Crippen molar-refractivity contribution in [2.24, 2.45) is 0 Å². The molecule has 0 saturated heterocycles. The summed E-state index contributed by atoms with van der Waals surface area (Å²) in [5.74, 6) is -1.03. The number of rotatable bonds is 6. The summed E-state index contributed by atoms with van der Waals surface area (Å²) in [6.07, 6.45) is 4.73. The summed E-state index contributed by atoms with van der Waals surface area (Å²) in [4.78, 5) is 29.2. The van der Waals surface area contributed by atoms with Gasteiger partial charge in [-0.1, -0.05) is 6.07 Å². The van der Waals surface area contributed by atoms with Crippen LogP contribution in [0.1, 0.15) is 20.1 Å². The third kappa shape index (κ3) is 4.34. The minimum Gasteiger partial charge on any atom is -0.350 e. The number of amides is 2. The minimum atomic E-state index is -0.406. The van der Waals surface area contributed by atoms with Crippen molar-refractivity contribution in [3.8, 4) is 5.69 Å². The first-order chi connectivity index (χ1) is 12.5. The highest BCUT2D eigenvalue weighted by atomic mass is 32.1. The van der Waals surface area contributed by atoms with E-state index in [1.54, 1.807) is 35.2 Å². The predicted octanol–water partition coefficient (Wildman–Crippen LogP) is 2.43. The Kier molecular flexibility index (Phi) is 5.43. The lowest BCUT2D eigenvalue weighted by Crippen LogP contribution is -2.36. The lowest BCUT2D eigenvalue weighted by atomic mass is 10.2. The van der Waals surface area contributed by atoms with E-state index in [2.05, 4.69) is 15.6 Å². The van der Waals surface area contributed by atoms with Crippen molar-refractivity contribution in [2.45, 2.75) is 13.5 Å². The number of nitrogens with zero attached hydrogens (tertiary/aromatic N) is 2. The van der Waals surface area contributed by atoms with E-state index in [1.807, 2.05) is 13.0 Å². The molecule has 26 heavy (non-hydrogen) atoms. The Labute approximate surface area is 153 Å². The molecule has 6 nitrogen and oxygen atoms in total. The second kappa shape index (κ2) is 7.92. The molecule has 2 N–H and O–H groups in total. The summed E-state index contributed by atoms with van der Waals surface area (Å²) >= 11 is 1.37. The fourth-order valence-electron chi connectivity index (χ4n) is 2.34. The molecule has 2 heterocycles. The normalized spacial score (nSPS) is 10.5. The van der Waals surface area contributed by atoms with Gasteiger partial charge in [-0.15, -0.1) is 11.3 Å². The van der Waals surface area contributed by atoms with Crippen molar-refractivity contribution in [1.82, 2.24) is 20.2 Å². The minimum absolute atomic E-state index is 0.134. The highest BCUT2D eigenvalue weighted by Gasteiger charge is 2.10. The van der Waals surface area contributed by atoms with E-state index in [0.29, 0.717) is 16.1 Å². The molecule has 134 valence electrons. The van der Waals surface area contributed by atoms with Crippen molar-refractivity contribution in [1.29, 1.82) is 0 Å². The van der Waals surface area contributed by atoms with Crippen LogP contribution in [-0.4, -0.2) is 27.9 Å². The number of nitrogens with one attached hydrogen (secondary N) is 2. The molecule has 0 aliphatic heterocycles. The van der Waals surface area contributed by atoms with Gasteiger partial charge in [0.1, 0.15) is 5.82 Å². The maximum atomic E-state index is 14.2. The molecule has 3 aromatic rings. The Bertz CT molecular complexity index is 921. The van der Waals surface area contributed by atoms with Crippen LogP contribution in [0.15, 0.2) is 49.1 Å². The SMILES string of the molecule is Cc1ccc(C(=O)NCC(=O)NCc2ccc(-n3ccnc3)c(F)c2)s1. The van der Waals surface area contributed by atoms with Crippen LogP contribution in [0.4, 0.5) is 4.39 Å². The van der Waals surface area contributed by atoms with Gasteiger partial charge in [0.2, 0.25) is 5.91 Å². The van der Waals surface area contributed by atoms with Crippen LogP contribution in [-0.2, 0) is 11.3 Å². The van der Waals surface area contributed by atoms with Crippen LogP contribution in [0.25, 0.3) is 5.69 Å². The van der Waals surface area contributed by atoms with Crippen LogP contribution in [0, 0.1) is 12.7 Å². The number of halogens is 1. The molecular weight excluding hydrogens is 355 g/mol. The molecule has 0 unspecified atom stereocenters. The van der Waals surface area contributed by atoms with Crippen LogP contribution in [0.2, 0.25) is 0 Å². The van der Waals surface area contributed by atoms with Crippen LogP contribution in [0.5, 0.6) is 0 Å². The van der Waals surface area contributed by atoms with E-state index in [4.69, 9.17) is 0 Å². The molecule has 2 aromatic heterocycles. The third-order valence-corrected chi connectivity index (χ3v) is 4.66. The molecule has 0 radical (unpaired) electrons. The Hall–Kier alpha value is -3.00. The lowest BCUT2D eigenvalue weighted by Gasteiger charge is -2.09. The number of carbonyl (C=O) groups is 2. The summed E-state index contributed by atoms with van der Waals surface area (Å²) in [5.41, 5.74) is 1.01. The van der Waals surface area contributed by atoms with Crippen molar-refractivity contribution < 1.29 is 14.0 Å². The molecule has 0 aliphatic carbocycles. The van der Waals surface area contributed by atoms with Gasteiger partial charge >= 0.3 is 0 Å². The van der Waals surface area contributed by atoms with Gasteiger partial charge in [-0.25, -0.2) is 9.37 Å². The molecular formula is C18H17FN4O2S. The van der Waals surface area contributed by atoms with Gasteiger partial charge in [0.15, 0.2) is 0 Å². The average Bonchev–Trinajstić information content (AvgIpc) is 3.29. The molecule has 1 aromatic carbocycles. The highest BCUT2D eigenvalue weighted by Crippen LogP contribution is 2.15. The summed E-state index contributed by atoms with van der Waals surface area (Å²) in [5, 5.41) is 5.22. The van der Waals surface area contributed by atoms with Crippen LogP contribution in [0.3, 0.4) is 0 Å². The predicted molar refractivity (Wildman–Crippen MR) is 96.8 cm³/mol. The maximum Gasteiger partial charge on any atom is 0.261 e. The average molecular weight is 372 g/mol. The number of hydrogen-bond acceptors (Lipinski definition) is 4. The smallest absolute Gasteiger partial charge is 0.261 e. The Morgan fingerprint density at radius 1 is 1.23 bits per heavy atom. The standard InChI is InChI=1S/C18H17FN4O2S/c1-12-2-5-16(26-12)18(25)22-10-17(24)21-9-13-3-4-15(14(19)8-13)23-7-6-20-11-23/h2-8,11H,9-10H2,1H3,(H,21,24)(H,22,25). The van der Waals surface area contributed by atoms with E-state index in [-0.39, 0.29) is 24.9 Å². The lowest BCUT2D eigenvalue weighted by molar-refractivity contribution is -0.120. The highest BCUT2D eigenvalue weighted by molar-refractivity contribution is 7.13. The zero-order valence-electron chi connectivity index (χ0n) is 14.0. The van der Waals surface area contributed by atoms with Crippen molar-refractivity contribution in [3.63, 3.8) is 0 Å². The fourth-order valence-corrected chi connectivity index (χ4v) is 3.12. The second-order valence-electron chi connectivity index (χ2n) is 5.63. The van der Waals surface area contributed by atoms with Crippen LogP contribution >= 0.6 is 11.3 Å². The first kappa shape index (κ1) is 17.8. The van der Waals surface area contributed by atoms with Gasteiger partial charge in [0.25, 0.3) is 5.91 Å². The van der Waals surface area contributed by atoms with Gasteiger partial charge in [-0.05, 0) is 36.8 Å². The quantitative estimate of drug-likeness (QED) is 0.698. The maximum absolute atomic E-state index is 14.2. The summed E-state index contributed by atoms with van der Waals surface area (Å²) in [7, 11) is 0. The monoisotopic (exact) mass is 372 g/mol. The second-order valence-corrected chi connectivity index (χ2v) is 6.91. The zero-order chi connectivity index (χ0) is 18.5. The summed E-state index contributed by atoms with van der Waals surface area (Å²) in [6, 6.07) is 8.28. The van der Waals surface area contributed by atoms with E-state index in [0.717, 1.165) is 4.88 Å². The Morgan fingerprint density at radius 2 is 2.08 bits per heavy atom. The molecule has 0 aliphatic rings. The Morgan fingerprint density at radius 3 is 2.73 bits per heavy atom. The van der Waals surface area contributed by atoms with Crippen LogP contribution < -0.4 is 10.6 Å². The zero-order valence-corrected chi connectivity index (χ0v) is 14.8. The number of aromatic nitrogens is 2. The summed E-state index contributed by atoms with van der Waals surface area (Å²) in [6.45, 7) is 1.95. The van der Waals surface area contributed by atoms with Gasteiger partial charge in [0.05, 0.1) is 23.4 Å². The van der Waals surface area contributed by atoms with Gasteiger partial charge in [-0.2, -0.15) is 0 Å². The Balaban J connectivity index is 1.50. The fraction of sp³-hybridized carbons (Fsp3) is 0.167. The van der Waals surface area contributed by atoms with E-state index >= 15 is 0 Å². The molecule has 0 fully saturated rings. The number of imidazole rings is 1. The van der Waals surface area contributed by atoms with E-state index < -0.39 is 5.82 Å². The topological polar surface area (TPSA) is 76.0 Å². The van der Waals surface area contributed by atoms with E-state index in [1.165, 1.54) is 23.7 Å². The largest absolute Gasteiger partial charge is 0.350 e. The first-order valence-corrected chi connectivity index (χ1v) is 8.72. The van der Waals surface area contributed by atoms with Crippen molar-refractivity contribution >= 4 is 23.2 Å². The van der Waals surface area contributed by atoms with Gasteiger partial charge in [0, 0.05) is 23.8 Å². The number of hydrogen-bond donors (Lipinski definition) is 2. The first-order valence-electron chi connectivity index (χ1n) is 7.91. The molecule has 2 amide bonds. The van der Waals surface area contributed by atoms with Crippen molar-refractivity contribution in [3.05, 3.63) is 70.2 Å². The van der Waals surface area contributed by atoms with Crippen molar-refractivity contribution in [2.75, 3.05) is 6.54 Å². The molecule has 0 spiro atoms. The molecule has 0 saturated carbocycles. The molecule has 8 heteroatoms. The number of thiophene rings is 1. The molecule has 3 rings (SSSR count). The molecule has 0 bridgehead atoms.